The van der Waals surface area contributed by atoms with Gasteiger partial charge in [0, 0.05) is 30.6 Å². The number of carboxylic acid groups (broad SMARTS) is 1. The van der Waals surface area contributed by atoms with Gasteiger partial charge in [-0.1, -0.05) is 71.4 Å². The van der Waals surface area contributed by atoms with Crippen LogP contribution in [0.15, 0.2) is 30.3 Å². The highest BCUT2D eigenvalue weighted by molar-refractivity contribution is 6.33. The van der Waals surface area contributed by atoms with Gasteiger partial charge in [-0.3, -0.25) is 19.2 Å². The molecule has 1 N–H and O–H groups in total. The summed E-state index contributed by atoms with van der Waals surface area (Å²) in [5.41, 5.74) is 0.858. The van der Waals surface area contributed by atoms with Gasteiger partial charge < -0.3 is 9.84 Å². The lowest BCUT2D eigenvalue weighted by atomic mass is 9.78. The van der Waals surface area contributed by atoms with Crippen molar-refractivity contribution in [2.24, 2.45) is 29.6 Å². The lowest BCUT2D eigenvalue weighted by Gasteiger charge is -2.25. The van der Waals surface area contributed by atoms with Gasteiger partial charge in [0.1, 0.15) is 18.2 Å². The van der Waals surface area contributed by atoms with Gasteiger partial charge in [0.15, 0.2) is 0 Å². The molecule has 0 saturated heterocycles. The van der Waals surface area contributed by atoms with E-state index >= 15 is 0 Å². The van der Waals surface area contributed by atoms with E-state index in [-0.39, 0.29) is 55.7 Å². The second kappa shape index (κ2) is 15.2. The Balaban J connectivity index is 2.92. The van der Waals surface area contributed by atoms with E-state index in [1.165, 1.54) is 0 Å². The normalized spacial score (nSPS) is 14.6. The number of esters is 1. The number of hydrogen-bond donors (Lipinski definition) is 1. The molecule has 7 heteroatoms. The highest BCUT2D eigenvalue weighted by atomic mass is 16.5. The monoisotopic (exact) mass is 488 g/mol. The van der Waals surface area contributed by atoms with E-state index in [9.17, 15) is 24.0 Å². The maximum atomic E-state index is 13.3. The first-order chi connectivity index (χ1) is 16.5. The van der Waals surface area contributed by atoms with Gasteiger partial charge in [-0.2, -0.15) is 0 Å². The number of benzene rings is 1. The fraction of sp³-hybridized carbons (Fsp3) is 0.607. The molecule has 0 fully saturated rings. The average Bonchev–Trinajstić information content (AvgIpc) is 2.83. The molecule has 0 amide bonds. The van der Waals surface area contributed by atoms with Gasteiger partial charge in [0.05, 0.1) is 6.42 Å². The van der Waals surface area contributed by atoms with Gasteiger partial charge in [-0.05, 0) is 30.2 Å². The number of hydrogen-bond acceptors (Lipinski definition) is 6. The summed E-state index contributed by atoms with van der Waals surface area (Å²) in [6.07, 6.45) is 1.10. The van der Waals surface area contributed by atoms with Crippen molar-refractivity contribution in [3.05, 3.63) is 35.9 Å². The van der Waals surface area contributed by atoms with Gasteiger partial charge >= 0.3 is 11.9 Å². The first kappa shape index (κ1) is 30.2. The molecule has 1 aromatic carbocycles. The molecule has 0 heterocycles. The van der Waals surface area contributed by atoms with Crippen LogP contribution in [-0.2, 0) is 35.3 Å². The Bertz CT molecular complexity index is 859. The van der Waals surface area contributed by atoms with E-state index in [1.54, 1.807) is 6.92 Å². The molecule has 1 aromatic rings. The number of aliphatic carboxylic acids is 1. The summed E-state index contributed by atoms with van der Waals surface area (Å²) in [6.45, 7) is 9.54. The number of carboxylic acids is 1. The number of carbonyl (C=O) groups excluding carboxylic acids is 4. The third-order valence-electron chi connectivity index (χ3n) is 6.55. The second-order valence-electron chi connectivity index (χ2n) is 9.78. The van der Waals surface area contributed by atoms with Crippen LogP contribution < -0.4 is 0 Å². The van der Waals surface area contributed by atoms with E-state index in [4.69, 9.17) is 9.84 Å². The molecule has 0 bridgehead atoms. The molecule has 0 radical (unpaired) electrons. The van der Waals surface area contributed by atoms with Gasteiger partial charge in [-0.15, -0.1) is 0 Å². The number of rotatable bonds is 17. The molecule has 35 heavy (non-hydrogen) atoms. The minimum absolute atomic E-state index is 0.0321. The van der Waals surface area contributed by atoms with Crippen LogP contribution in [0.3, 0.4) is 0 Å². The molecule has 0 aromatic heterocycles. The molecule has 0 aliphatic rings. The Hall–Kier alpha value is -2.83. The minimum Gasteiger partial charge on any atom is -0.475 e. The summed E-state index contributed by atoms with van der Waals surface area (Å²) in [5.74, 6) is -5.47. The first-order valence-electron chi connectivity index (χ1n) is 12.5. The molecule has 0 saturated carbocycles. The van der Waals surface area contributed by atoms with Crippen LogP contribution in [0.5, 0.6) is 0 Å². The van der Waals surface area contributed by atoms with Gasteiger partial charge in [0.25, 0.3) is 0 Å². The van der Waals surface area contributed by atoms with E-state index in [0.717, 1.165) is 5.56 Å². The van der Waals surface area contributed by atoms with E-state index in [0.29, 0.717) is 12.8 Å². The van der Waals surface area contributed by atoms with E-state index < -0.39 is 35.5 Å². The Kier molecular flexibility index (Phi) is 13.1. The molecule has 0 spiro atoms. The SMILES string of the molecule is CCC(CC(=O)C(CC(=O)C(CC(=O)OCc1ccccc1)C(C)CC)CC(C)C)C(=O)C(=O)O. The zero-order valence-electron chi connectivity index (χ0n) is 21.6. The number of ether oxygens (including phenoxy) is 1. The number of Topliss-reactive ketones (excluding diaryl/α,β-unsaturated/α-hetero) is 3. The first-order valence-corrected chi connectivity index (χ1v) is 12.5. The van der Waals surface area contributed by atoms with Gasteiger partial charge in [0.2, 0.25) is 5.78 Å². The summed E-state index contributed by atoms with van der Waals surface area (Å²) in [7, 11) is 0. The predicted molar refractivity (Wildman–Crippen MR) is 132 cm³/mol. The third-order valence-corrected chi connectivity index (χ3v) is 6.55. The Morgan fingerprint density at radius 2 is 1.43 bits per heavy atom. The molecule has 1 rings (SSSR count). The number of ketones is 3. The van der Waals surface area contributed by atoms with E-state index in [1.807, 2.05) is 58.0 Å². The van der Waals surface area contributed by atoms with E-state index in [2.05, 4.69) is 0 Å². The molecule has 4 atom stereocenters. The fourth-order valence-corrected chi connectivity index (χ4v) is 4.19. The van der Waals surface area contributed by atoms with Crippen molar-refractivity contribution in [1.82, 2.24) is 0 Å². The van der Waals surface area contributed by atoms with Crippen LogP contribution in [0.1, 0.15) is 78.7 Å². The minimum atomic E-state index is -1.55. The van der Waals surface area contributed by atoms with Crippen LogP contribution in [0.25, 0.3) is 0 Å². The van der Waals surface area contributed by atoms with Crippen LogP contribution >= 0.6 is 0 Å². The average molecular weight is 489 g/mol. The Morgan fingerprint density at radius 3 is 1.94 bits per heavy atom. The molecule has 7 nitrogen and oxygen atoms in total. The molecular formula is C28H40O7. The van der Waals surface area contributed by atoms with Crippen molar-refractivity contribution in [3.8, 4) is 0 Å². The Morgan fingerprint density at radius 1 is 0.829 bits per heavy atom. The zero-order valence-corrected chi connectivity index (χ0v) is 21.6. The maximum absolute atomic E-state index is 13.3. The van der Waals surface area contributed by atoms with Crippen molar-refractivity contribution < 1.29 is 33.8 Å². The quantitative estimate of drug-likeness (QED) is 0.241. The summed E-state index contributed by atoms with van der Waals surface area (Å²) in [5, 5.41) is 9.03. The second-order valence-corrected chi connectivity index (χ2v) is 9.78. The van der Waals surface area contributed by atoms with Crippen molar-refractivity contribution in [3.63, 3.8) is 0 Å². The van der Waals surface area contributed by atoms with Crippen LogP contribution in [0.4, 0.5) is 0 Å². The molecule has 0 aliphatic heterocycles. The fourth-order valence-electron chi connectivity index (χ4n) is 4.19. The van der Waals surface area contributed by atoms with Crippen molar-refractivity contribution in [1.29, 1.82) is 0 Å². The third kappa shape index (κ3) is 10.5. The Labute approximate surface area is 208 Å². The smallest absolute Gasteiger partial charge is 0.372 e. The molecular weight excluding hydrogens is 448 g/mol. The molecule has 0 aliphatic carbocycles. The maximum Gasteiger partial charge on any atom is 0.372 e. The molecule has 194 valence electrons. The lowest BCUT2D eigenvalue weighted by molar-refractivity contribution is -0.151. The van der Waals surface area contributed by atoms with Crippen LogP contribution in [-0.4, -0.2) is 34.4 Å². The zero-order chi connectivity index (χ0) is 26.5. The topological polar surface area (TPSA) is 115 Å². The largest absolute Gasteiger partial charge is 0.475 e. The van der Waals surface area contributed by atoms with Crippen LogP contribution in [0.2, 0.25) is 0 Å². The predicted octanol–water partition coefficient (Wildman–Crippen LogP) is 5.04. The van der Waals surface area contributed by atoms with Crippen molar-refractivity contribution >= 4 is 29.3 Å². The lowest BCUT2D eigenvalue weighted by Crippen LogP contribution is -2.32. The summed E-state index contributed by atoms with van der Waals surface area (Å²) < 4.78 is 5.39. The van der Waals surface area contributed by atoms with Crippen LogP contribution in [0, 0.1) is 29.6 Å². The van der Waals surface area contributed by atoms with Crippen molar-refractivity contribution in [2.75, 3.05) is 0 Å². The summed E-state index contributed by atoms with van der Waals surface area (Å²) in [6, 6.07) is 9.29. The van der Waals surface area contributed by atoms with Crippen molar-refractivity contribution in [2.45, 2.75) is 79.8 Å². The highest BCUT2D eigenvalue weighted by Crippen LogP contribution is 2.28. The number of carbonyl (C=O) groups is 5. The standard InChI is InChI=1S/C28H40O7/c1-6-19(5)23(16-26(31)35-17-20-11-9-8-10-12-20)25(30)15-22(13-18(3)4)24(29)14-21(7-2)27(32)28(33)34/h8-12,18-19,21-23H,6-7,13-17H2,1-5H3,(H,33,34). The summed E-state index contributed by atoms with van der Waals surface area (Å²) >= 11 is 0. The summed E-state index contributed by atoms with van der Waals surface area (Å²) in [4.78, 5) is 61.9. The van der Waals surface area contributed by atoms with Gasteiger partial charge in [-0.25, -0.2) is 4.79 Å². The molecule has 4 unspecified atom stereocenters. The highest BCUT2D eigenvalue weighted by Gasteiger charge is 2.34.